The monoisotopic (exact) mass is 647 g/mol. The van der Waals surface area contributed by atoms with Crippen LogP contribution in [0.25, 0.3) is 10.2 Å². The molecule has 43 heavy (non-hydrogen) atoms. The van der Waals surface area contributed by atoms with Crippen LogP contribution < -0.4 is 10.1 Å². The van der Waals surface area contributed by atoms with Crippen LogP contribution in [0.3, 0.4) is 0 Å². The number of thioether (sulfide) groups is 1. The lowest BCUT2D eigenvalue weighted by Gasteiger charge is -2.08. The predicted octanol–water partition coefficient (Wildman–Crippen LogP) is 4.36. The van der Waals surface area contributed by atoms with Gasteiger partial charge in [-0.1, -0.05) is 17.8 Å². The molecule has 0 radical (unpaired) electrons. The lowest BCUT2D eigenvalue weighted by molar-refractivity contribution is -0.141. The molecule has 0 atom stereocenters. The van der Waals surface area contributed by atoms with Gasteiger partial charge in [0.1, 0.15) is 11.5 Å². The quantitative estimate of drug-likeness (QED) is 0.183. The first-order valence-electron chi connectivity index (χ1n) is 13.9. The summed E-state index contributed by atoms with van der Waals surface area (Å²) in [7, 11) is 1.27. The third-order valence-electron chi connectivity index (χ3n) is 6.54. The Balaban J connectivity index is 1.46. The van der Waals surface area contributed by atoms with E-state index >= 15 is 0 Å². The summed E-state index contributed by atoms with van der Waals surface area (Å²) in [6.07, 6.45) is 4.76. The van der Waals surface area contributed by atoms with Crippen molar-refractivity contribution in [3.63, 3.8) is 0 Å². The maximum absolute atomic E-state index is 12.8. The van der Waals surface area contributed by atoms with Crippen molar-refractivity contribution in [1.82, 2.24) is 4.57 Å². The normalized spacial score (nSPS) is 13.2. The minimum atomic E-state index is -0.526. The van der Waals surface area contributed by atoms with Gasteiger partial charge in [0.25, 0.3) is 5.91 Å². The van der Waals surface area contributed by atoms with Crippen LogP contribution >= 0.6 is 34.4 Å². The highest BCUT2D eigenvalue weighted by Gasteiger charge is 2.26. The Bertz CT molecular complexity index is 1600. The molecule has 2 heterocycles. The summed E-state index contributed by atoms with van der Waals surface area (Å²) in [5.41, 5.74) is 2.36. The molecule has 0 fully saturated rings. The van der Waals surface area contributed by atoms with Crippen LogP contribution in [-0.2, 0) is 48.0 Å². The fourth-order valence-electron chi connectivity index (χ4n) is 4.63. The molecular formula is C29H33N3O8S3. The Hall–Kier alpha value is -3.49. The Labute approximate surface area is 260 Å². The second kappa shape index (κ2) is 15.3. The first-order chi connectivity index (χ1) is 20.7. The van der Waals surface area contributed by atoms with E-state index in [0.717, 1.165) is 65.6 Å². The number of nitrogens with one attached hydrogen (secondary N) is 1. The maximum Gasteiger partial charge on any atom is 0.341 e. The number of methoxy groups -OCH3 is 1. The number of hydrogen-bond acceptors (Lipinski definition) is 11. The van der Waals surface area contributed by atoms with Crippen molar-refractivity contribution >= 4 is 79.4 Å². The second-order valence-electron chi connectivity index (χ2n) is 9.49. The highest BCUT2D eigenvalue weighted by molar-refractivity contribution is 8.00. The number of ether oxygens (including phenoxy) is 3. The van der Waals surface area contributed by atoms with E-state index < -0.39 is 23.8 Å². The van der Waals surface area contributed by atoms with Gasteiger partial charge >= 0.3 is 17.9 Å². The summed E-state index contributed by atoms with van der Waals surface area (Å²) in [5.74, 6) is -2.38. The Morgan fingerprint density at radius 2 is 1.72 bits per heavy atom. The van der Waals surface area contributed by atoms with Gasteiger partial charge in [-0.05, 0) is 63.3 Å². The first kappa shape index (κ1) is 32.4. The molecule has 0 bridgehead atoms. The van der Waals surface area contributed by atoms with E-state index in [4.69, 9.17) is 14.2 Å². The number of aryl methyl sites for hydroxylation is 1. The van der Waals surface area contributed by atoms with Crippen molar-refractivity contribution in [2.24, 2.45) is 4.99 Å². The molecule has 0 saturated heterocycles. The van der Waals surface area contributed by atoms with Gasteiger partial charge in [-0.2, -0.15) is 4.99 Å². The average molecular weight is 648 g/mol. The molecule has 0 aliphatic heterocycles. The van der Waals surface area contributed by atoms with Crippen molar-refractivity contribution in [3.8, 4) is 0 Å². The minimum Gasteiger partial charge on any atom is -0.468 e. The largest absolute Gasteiger partial charge is 0.468 e. The molecule has 11 nitrogen and oxygen atoms in total. The van der Waals surface area contributed by atoms with E-state index in [1.807, 2.05) is 0 Å². The Morgan fingerprint density at radius 3 is 2.47 bits per heavy atom. The zero-order valence-electron chi connectivity index (χ0n) is 24.2. The fourth-order valence-corrected chi connectivity index (χ4v) is 7.61. The van der Waals surface area contributed by atoms with Crippen molar-refractivity contribution in [1.29, 1.82) is 0 Å². The number of thiazole rings is 1. The van der Waals surface area contributed by atoms with E-state index in [0.29, 0.717) is 26.3 Å². The number of nitrogens with zero attached hydrogens (tertiary/aromatic N) is 2. The molecule has 0 spiro atoms. The van der Waals surface area contributed by atoms with Gasteiger partial charge in [0, 0.05) is 4.88 Å². The maximum atomic E-state index is 12.8. The molecule has 14 heteroatoms. The predicted molar refractivity (Wildman–Crippen MR) is 166 cm³/mol. The van der Waals surface area contributed by atoms with Crippen LogP contribution in [0.5, 0.6) is 0 Å². The van der Waals surface area contributed by atoms with Crippen LogP contribution in [0.1, 0.15) is 64.3 Å². The number of benzene rings is 1. The van der Waals surface area contributed by atoms with E-state index in [1.54, 1.807) is 36.6 Å². The van der Waals surface area contributed by atoms with Crippen molar-refractivity contribution in [2.75, 3.05) is 37.1 Å². The lowest BCUT2D eigenvalue weighted by atomic mass is 10.1. The van der Waals surface area contributed by atoms with Crippen LogP contribution in [0.2, 0.25) is 0 Å². The van der Waals surface area contributed by atoms with Crippen molar-refractivity contribution in [3.05, 3.63) is 44.6 Å². The molecule has 2 aromatic heterocycles. The summed E-state index contributed by atoms with van der Waals surface area (Å²) in [5, 5.41) is 3.34. The number of carbonyl (C=O) groups excluding carboxylic acids is 5. The van der Waals surface area contributed by atoms with Gasteiger partial charge < -0.3 is 24.1 Å². The highest BCUT2D eigenvalue weighted by Crippen LogP contribution is 2.38. The van der Waals surface area contributed by atoms with Crippen molar-refractivity contribution in [2.45, 2.75) is 52.5 Å². The smallest absolute Gasteiger partial charge is 0.341 e. The number of anilines is 1. The second-order valence-corrected chi connectivity index (χ2v) is 12.6. The number of esters is 3. The van der Waals surface area contributed by atoms with E-state index in [-0.39, 0.29) is 42.0 Å². The minimum absolute atomic E-state index is 0.0242. The molecular weight excluding hydrogens is 615 g/mol. The number of fused-ring (bicyclic) bond motifs is 2. The lowest BCUT2D eigenvalue weighted by Crippen LogP contribution is -2.23. The van der Waals surface area contributed by atoms with Gasteiger partial charge in [0.05, 0.1) is 53.2 Å². The number of hydrogen-bond donors (Lipinski definition) is 1. The summed E-state index contributed by atoms with van der Waals surface area (Å²) in [6, 6.07) is 4.88. The molecule has 4 rings (SSSR count). The topological polar surface area (TPSA) is 142 Å². The molecule has 0 saturated carbocycles. The molecule has 1 N–H and O–H groups in total. The van der Waals surface area contributed by atoms with Crippen LogP contribution in [0, 0.1) is 0 Å². The van der Waals surface area contributed by atoms with Crippen molar-refractivity contribution < 1.29 is 38.2 Å². The number of thiophene rings is 1. The fraction of sp³-hybridized carbons (Fsp3) is 0.448. The summed E-state index contributed by atoms with van der Waals surface area (Å²) < 4.78 is 17.3. The highest BCUT2D eigenvalue weighted by atomic mass is 32.2. The van der Waals surface area contributed by atoms with Gasteiger partial charge in [0.15, 0.2) is 4.80 Å². The average Bonchev–Trinajstić information content (AvgIpc) is 3.39. The van der Waals surface area contributed by atoms with E-state index in [9.17, 15) is 24.0 Å². The first-order valence-corrected chi connectivity index (χ1v) is 16.7. The Morgan fingerprint density at radius 1 is 0.977 bits per heavy atom. The van der Waals surface area contributed by atoms with Crippen LogP contribution in [0.15, 0.2) is 23.2 Å². The number of rotatable bonds is 11. The molecule has 2 amide bonds. The zero-order chi connectivity index (χ0) is 30.9. The third kappa shape index (κ3) is 8.12. The molecule has 1 aliphatic rings. The summed E-state index contributed by atoms with van der Waals surface area (Å²) in [6.45, 7) is 3.76. The standard InChI is InChI=1S/C29H33N3O8S3/c1-4-39-27(36)17-11-12-19-21(13-17)43-29(32(19)14-24(35)38-3)31-23(34)16-41-15-22(33)30-26-25(28(37)40-5-2)18-9-7-6-8-10-20(18)42-26/h11-13H,4-10,14-16H2,1-3H3,(H,30,33). The van der Waals surface area contributed by atoms with Gasteiger partial charge in [-0.3, -0.25) is 14.4 Å². The molecule has 0 unspecified atom stereocenters. The van der Waals surface area contributed by atoms with E-state index in [2.05, 4.69) is 10.3 Å². The van der Waals surface area contributed by atoms with E-state index in [1.165, 1.54) is 18.4 Å². The van der Waals surface area contributed by atoms with Gasteiger partial charge in [0.2, 0.25) is 5.91 Å². The SMILES string of the molecule is CCOC(=O)c1ccc2c(c1)sc(=NC(=O)CSCC(=O)Nc1sc3c(c1C(=O)OCC)CCCCC3)n2CC(=O)OC. The van der Waals surface area contributed by atoms with Crippen LogP contribution in [-0.4, -0.2) is 66.1 Å². The zero-order valence-corrected chi connectivity index (χ0v) is 26.6. The number of amides is 2. The summed E-state index contributed by atoms with van der Waals surface area (Å²) in [4.78, 5) is 68.2. The molecule has 3 aromatic rings. The van der Waals surface area contributed by atoms with Crippen LogP contribution in [0.4, 0.5) is 5.00 Å². The van der Waals surface area contributed by atoms with Gasteiger partial charge in [-0.15, -0.1) is 23.1 Å². The Kier molecular flexibility index (Phi) is 11.5. The molecule has 1 aromatic carbocycles. The molecule has 230 valence electrons. The van der Waals surface area contributed by atoms with Gasteiger partial charge in [-0.25, -0.2) is 9.59 Å². The third-order valence-corrected chi connectivity index (χ3v) is 9.71. The summed E-state index contributed by atoms with van der Waals surface area (Å²) >= 11 is 3.66. The number of carbonyl (C=O) groups is 5. The number of aromatic nitrogens is 1. The molecule has 1 aliphatic carbocycles.